The summed E-state index contributed by atoms with van der Waals surface area (Å²) in [7, 11) is 1.60. The molecule has 0 aliphatic carbocycles. The van der Waals surface area contributed by atoms with Crippen LogP contribution >= 0.6 is 0 Å². The van der Waals surface area contributed by atoms with Crippen molar-refractivity contribution < 1.29 is 9.53 Å². The van der Waals surface area contributed by atoms with Gasteiger partial charge in [-0.3, -0.25) is 4.79 Å². The van der Waals surface area contributed by atoms with Gasteiger partial charge in [0.1, 0.15) is 17.4 Å². The first-order valence-corrected chi connectivity index (χ1v) is 9.94. The predicted molar refractivity (Wildman–Crippen MR) is 111 cm³/mol. The zero-order chi connectivity index (χ0) is 20.3. The van der Waals surface area contributed by atoms with E-state index < -0.39 is 0 Å². The number of carbonyl (C=O) groups excluding carboxylic acids is 1. The molecule has 0 atom stereocenters. The topological polar surface area (TPSA) is 58.6 Å². The number of ether oxygens (including phenoxy) is 1. The Labute approximate surface area is 167 Å². The zero-order valence-corrected chi connectivity index (χ0v) is 17.5. The second-order valence-electron chi connectivity index (χ2n) is 7.58. The van der Waals surface area contributed by atoms with Crippen molar-refractivity contribution in [1.82, 2.24) is 14.9 Å². The van der Waals surface area contributed by atoms with E-state index in [2.05, 4.69) is 30.7 Å². The molecule has 1 aromatic carbocycles. The molecule has 0 saturated carbocycles. The molecule has 0 N–H and O–H groups in total. The summed E-state index contributed by atoms with van der Waals surface area (Å²) in [6, 6.07) is 7.42. The molecule has 0 radical (unpaired) electrons. The molecule has 1 saturated heterocycles. The highest BCUT2D eigenvalue weighted by molar-refractivity contribution is 5.97. The number of hydrogen-bond donors (Lipinski definition) is 0. The van der Waals surface area contributed by atoms with E-state index in [1.165, 1.54) is 5.56 Å². The molecule has 1 fully saturated rings. The lowest BCUT2D eigenvalue weighted by Gasteiger charge is -2.27. The summed E-state index contributed by atoms with van der Waals surface area (Å²) in [6.45, 7) is 11.4. The van der Waals surface area contributed by atoms with Gasteiger partial charge in [0.25, 0.3) is 5.91 Å². The Kier molecular flexibility index (Phi) is 6.17. The van der Waals surface area contributed by atoms with Crippen molar-refractivity contribution in [2.45, 2.75) is 40.0 Å². The Morgan fingerprint density at radius 3 is 2.54 bits per heavy atom. The lowest BCUT2D eigenvalue weighted by atomic mass is 10.0. The third kappa shape index (κ3) is 4.11. The normalized spacial score (nSPS) is 14.9. The van der Waals surface area contributed by atoms with Crippen molar-refractivity contribution in [2.75, 3.05) is 38.2 Å². The van der Waals surface area contributed by atoms with Gasteiger partial charge in [0.2, 0.25) is 0 Å². The van der Waals surface area contributed by atoms with Gasteiger partial charge in [-0.1, -0.05) is 26.0 Å². The number of anilines is 1. The summed E-state index contributed by atoms with van der Waals surface area (Å²) < 4.78 is 5.37. The van der Waals surface area contributed by atoms with E-state index >= 15 is 0 Å². The van der Waals surface area contributed by atoms with Crippen molar-refractivity contribution in [1.29, 1.82) is 0 Å². The third-order valence-corrected chi connectivity index (χ3v) is 5.23. The number of amides is 1. The molecule has 6 nitrogen and oxygen atoms in total. The second kappa shape index (κ2) is 8.59. The number of hydrogen-bond acceptors (Lipinski definition) is 5. The number of aryl methyl sites for hydroxylation is 2. The van der Waals surface area contributed by atoms with Crippen molar-refractivity contribution in [2.24, 2.45) is 0 Å². The lowest BCUT2D eigenvalue weighted by molar-refractivity contribution is 0.0763. The van der Waals surface area contributed by atoms with Crippen LogP contribution in [-0.2, 0) is 0 Å². The van der Waals surface area contributed by atoms with Crippen LogP contribution in [0.5, 0.6) is 5.75 Å². The van der Waals surface area contributed by atoms with Crippen molar-refractivity contribution in [3.05, 3.63) is 46.9 Å². The van der Waals surface area contributed by atoms with Gasteiger partial charge in [-0.05, 0) is 38.3 Å². The smallest absolute Gasteiger partial charge is 0.257 e. The molecular formula is C22H30N4O2. The van der Waals surface area contributed by atoms with E-state index in [-0.39, 0.29) is 5.91 Å². The van der Waals surface area contributed by atoms with Crippen LogP contribution in [0, 0.1) is 13.8 Å². The van der Waals surface area contributed by atoms with Crippen LogP contribution in [-0.4, -0.2) is 54.1 Å². The molecule has 0 bridgehead atoms. The maximum atomic E-state index is 13.1. The van der Waals surface area contributed by atoms with Gasteiger partial charge in [-0.15, -0.1) is 0 Å². The Bertz CT molecular complexity index is 850. The summed E-state index contributed by atoms with van der Waals surface area (Å²) in [6.07, 6.45) is 0.903. The standard InChI is InChI=1S/C22H30N4O2/c1-15(2)20-16(3)23-17(4)24-21(20)25-11-8-12-26(14-13-25)22(27)18-9-6-7-10-19(18)28-5/h6-7,9-10,15H,8,11-14H2,1-5H3. The van der Waals surface area contributed by atoms with Crippen LogP contribution in [0.15, 0.2) is 24.3 Å². The fourth-order valence-corrected chi connectivity index (χ4v) is 3.94. The fraction of sp³-hybridized carbons (Fsp3) is 0.500. The molecule has 1 amide bonds. The minimum atomic E-state index is 0.0263. The molecule has 3 rings (SSSR count). The summed E-state index contributed by atoms with van der Waals surface area (Å²) in [5, 5.41) is 0. The minimum Gasteiger partial charge on any atom is -0.496 e. The lowest BCUT2D eigenvalue weighted by Crippen LogP contribution is -2.36. The van der Waals surface area contributed by atoms with Crippen LogP contribution in [0.4, 0.5) is 5.82 Å². The number of para-hydroxylation sites is 1. The van der Waals surface area contributed by atoms with Crippen molar-refractivity contribution in [3.63, 3.8) is 0 Å². The molecule has 1 aromatic heterocycles. The third-order valence-electron chi connectivity index (χ3n) is 5.23. The molecule has 1 aliphatic rings. The number of aromatic nitrogens is 2. The Hall–Kier alpha value is -2.63. The number of nitrogens with zero attached hydrogens (tertiary/aromatic N) is 4. The van der Waals surface area contributed by atoms with Gasteiger partial charge in [-0.25, -0.2) is 9.97 Å². The first-order chi connectivity index (χ1) is 13.4. The molecule has 6 heteroatoms. The number of rotatable bonds is 4. The van der Waals surface area contributed by atoms with E-state index in [0.29, 0.717) is 23.8 Å². The number of benzene rings is 1. The van der Waals surface area contributed by atoms with Gasteiger partial charge in [-0.2, -0.15) is 0 Å². The van der Waals surface area contributed by atoms with Gasteiger partial charge >= 0.3 is 0 Å². The Morgan fingerprint density at radius 1 is 1.07 bits per heavy atom. The zero-order valence-electron chi connectivity index (χ0n) is 17.5. The van der Waals surface area contributed by atoms with E-state index in [4.69, 9.17) is 9.72 Å². The summed E-state index contributed by atoms with van der Waals surface area (Å²) in [5.41, 5.74) is 2.87. The molecule has 0 unspecified atom stereocenters. The summed E-state index contributed by atoms with van der Waals surface area (Å²) in [5.74, 6) is 2.82. The molecule has 150 valence electrons. The van der Waals surface area contributed by atoms with Crippen LogP contribution in [0.25, 0.3) is 0 Å². The molecule has 28 heavy (non-hydrogen) atoms. The van der Waals surface area contributed by atoms with Crippen molar-refractivity contribution in [3.8, 4) is 5.75 Å². The van der Waals surface area contributed by atoms with Crippen LogP contribution in [0.2, 0.25) is 0 Å². The Morgan fingerprint density at radius 2 is 1.82 bits per heavy atom. The maximum absolute atomic E-state index is 13.1. The molecule has 0 spiro atoms. The summed E-state index contributed by atoms with van der Waals surface area (Å²) >= 11 is 0. The molecule has 1 aliphatic heterocycles. The number of methoxy groups -OCH3 is 1. The fourth-order valence-electron chi connectivity index (χ4n) is 3.94. The predicted octanol–water partition coefficient (Wildman–Crippen LogP) is 3.58. The van der Waals surface area contributed by atoms with Gasteiger partial charge in [0, 0.05) is 37.4 Å². The highest BCUT2D eigenvalue weighted by atomic mass is 16.5. The second-order valence-corrected chi connectivity index (χ2v) is 7.58. The summed E-state index contributed by atoms with van der Waals surface area (Å²) in [4.78, 5) is 26.6. The maximum Gasteiger partial charge on any atom is 0.257 e. The molecular weight excluding hydrogens is 352 g/mol. The SMILES string of the molecule is COc1ccccc1C(=O)N1CCCN(c2nc(C)nc(C)c2C(C)C)CC1. The van der Waals surface area contributed by atoms with Gasteiger partial charge in [0.05, 0.1) is 12.7 Å². The van der Waals surface area contributed by atoms with Crippen LogP contribution in [0.3, 0.4) is 0 Å². The highest BCUT2D eigenvalue weighted by Gasteiger charge is 2.25. The average molecular weight is 383 g/mol. The average Bonchev–Trinajstić information content (AvgIpc) is 2.92. The highest BCUT2D eigenvalue weighted by Crippen LogP contribution is 2.29. The van der Waals surface area contributed by atoms with E-state index in [9.17, 15) is 4.79 Å². The quantitative estimate of drug-likeness (QED) is 0.809. The van der Waals surface area contributed by atoms with Crippen molar-refractivity contribution >= 4 is 11.7 Å². The molecule has 2 aromatic rings. The minimum absolute atomic E-state index is 0.0263. The Balaban J connectivity index is 1.82. The number of carbonyl (C=O) groups is 1. The van der Waals surface area contributed by atoms with Gasteiger partial charge < -0.3 is 14.5 Å². The van der Waals surface area contributed by atoms with E-state index in [1.54, 1.807) is 7.11 Å². The van der Waals surface area contributed by atoms with Crippen LogP contribution < -0.4 is 9.64 Å². The first kappa shape index (κ1) is 20.1. The van der Waals surface area contributed by atoms with E-state index in [0.717, 1.165) is 43.4 Å². The van der Waals surface area contributed by atoms with Gasteiger partial charge in [0.15, 0.2) is 0 Å². The first-order valence-electron chi connectivity index (χ1n) is 9.94. The van der Waals surface area contributed by atoms with E-state index in [1.807, 2.05) is 36.1 Å². The largest absolute Gasteiger partial charge is 0.496 e. The monoisotopic (exact) mass is 382 g/mol. The van der Waals surface area contributed by atoms with Crippen LogP contribution in [0.1, 0.15) is 53.6 Å². The molecule has 2 heterocycles.